The third-order valence-corrected chi connectivity index (χ3v) is 14.4. The lowest BCUT2D eigenvalue weighted by Gasteiger charge is -2.13. The fourth-order valence-corrected chi connectivity index (χ4v) is 11.2. The average molecular weight is 878 g/mol. The summed E-state index contributed by atoms with van der Waals surface area (Å²) in [6.45, 7) is 0. The molecular weight excluding hydrogens is 839 g/mol. The molecule has 5 heteroatoms. The number of aromatic nitrogens is 5. The number of nitrogens with zero attached hydrogens (tertiary/aromatic N) is 5. The molecule has 0 radical (unpaired) electrons. The third-order valence-electron chi connectivity index (χ3n) is 14.4. The second-order valence-electron chi connectivity index (χ2n) is 18.2. The van der Waals surface area contributed by atoms with Gasteiger partial charge in [0.15, 0.2) is 0 Å². The van der Waals surface area contributed by atoms with Crippen molar-refractivity contribution in [3.63, 3.8) is 0 Å². The summed E-state index contributed by atoms with van der Waals surface area (Å²) in [5.74, 6) is 0.629. The molecule has 11 aromatic carbocycles. The van der Waals surface area contributed by atoms with Crippen molar-refractivity contribution in [2.75, 3.05) is 0 Å². The number of hydrogen-bond acceptors (Lipinski definition) is 2. The fraction of sp³-hybridized carbons (Fsp3) is 0. The Morgan fingerprint density at radius 1 is 0.246 bits per heavy atom. The molecule has 0 bridgehead atoms. The second kappa shape index (κ2) is 14.6. The summed E-state index contributed by atoms with van der Waals surface area (Å²) in [6.07, 6.45) is 0. The minimum atomic E-state index is 0.629. The first-order chi connectivity index (χ1) is 34.2. The normalized spacial score (nSPS) is 12.1. The highest BCUT2D eigenvalue weighted by atomic mass is 15.2. The van der Waals surface area contributed by atoms with Crippen molar-refractivity contribution in [1.82, 2.24) is 23.7 Å². The van der Waals surface area contributed by atoms with Gasteiger partial charge in [-0.25, -0.2) is 9.97 Å². The molecule has 0 aliphatic carbocycles. The van der Waals surface area contributed by atoms with Gasteiger partial charge in [0, 0.05) is 54.8 Å². The monoisotopic (exact) mass is 877 g/mol. The number of hydrogen-bond donors (Lipinski definition) is 0. The van der Waals surface area contributed by atoms with E-state index in [0.29, 0.717) is 5.95 Å². The summed E-state index contributed by atoms with van der Waals surface area (Å²) >= 11 is 0. The van der Waals surface area contributed by atoms with Crippen LogP contribution < -0.4 is 0 Å². The van der Waals surface area contributed by atoms with Crippen LogP contribution in [0, 0.1) is 0 Å². The quantitative estimate of drug-likeness (QED) is 0.173. The smallest absolute Gasteiger partial charge is 0.235 e. The Kier molecular flexibility index (Phi) is 8.00. The zero-order chi connectivity index (χ0) is 45.2. The molecule has 15 rings (SSSR count). The van der Waals surface area contributed by atoms with Crippen molar-refractivity contribution in [2.45, 2.75) is 0 Å². The zero-order valence-corrected chi connectivity index (χ0v) is 37.3. The van der Waals surface area contributed by atoms with E-state index in [2.05, 4.69) is 250 Å². The summed E-state index contributed by atoms with van der Waals surface area (Å²) in [5, 5.41) is 14.5. The van der Waals surface area contributed by atoms with Gasteiger partial charge in [-0.05, 0) is 111 Å². The van der Waals surface area contributed by atoms with Crippen LogP contribution in [0.2, 0.25) is 0 Å². The van der Waals surface area contributed by atoms with Gasteiger partial charge < -0.3 is 9.13 Å². The van der Waals surface area contributed by atoms with Gasteiger partial charge in [-0.3, -0.25) is 4.57 Å². The first-order valence-corrected chi connectivity index (χ1v) is 23.6. The lowest BCUT2D eigenvalue weighted by atomic mass is 10.0. The Bertz CT molecular complexity index is 4530. The molecule has 0 aliphatic heterocycles. The first-order valence-electron chi connectivity index (χ1n) is 23.6. The summed E-state index contributed by atoms with van der Waals surface area (Å²) in [5.41, 5.74) is 12.9. The van der Waals surface area contributed by atoms with Crippen molar-refractivity contribution in [2.24, 2.45) is 0 Å². The van der Waals surface area contributed by atoms with Gasteiger partial charge in [0.1, 0.15) is 0 Å². The highest BCUT2D eigenvalue weighted by Gasteiger charge is 2.23. The van der Waals surface area contributed by atoms with E-state index >= 15 is 0 Å². The molecule has 0 unspecified atom stereocenters. The van der Waals surface area contributed by atoms with Gasteiger partial charge in [0.2, 0.25) is 5.95 Å². The largest absolute Gasteiger partial charge is 0.309 e. The van der Waals surface area contributed by atoms with E-state index in [9.17, 15) is 0 Å². The number of benzene rings is 11. The fourth-order valence-electron chi connectivity index (χ4n) is 11.2. The van der Waals surface area contributed by atoms with Crippen LogP contribution in [0.1, 0.15) is 0 Å². The molecule has 0 saturated heterocycles. The summed E-state index contributed by atoms with van der Waals surface area (Å²) in [7, 11) is 0. The molecule has 0 fully saturated rings. The molecular formula is C64H39N5. The maximum atomic E-state index is 5.43. The molecule has 0 amide bonds. The van der Waals surface area contributed by atoms with Crippen molar-refractivity contribution in [3.05, 3.63) is 237 Å². The molecule has 0 spiro atoms. The van der Waals surface area contributed by atoms with E-state index in [0.717, 1.165) is 61.2 Å². The van der Waals surface area contributed by atoms with Crippen LogP contribution in [-0.4, -0.2) is 23.7 Å². The van der Waals surface area contributed by atoms with E-state index < -0.39 is 0 Å². The number of rotatable bonds is 5. The maximum absolute atomic E-state index is 5.43. The van der Waals surface area contributed by atoms with Crippen molar-refractivity contribution >= 4 is 97.7 Å². The lowest BCUT2D eigenvalue weighted by molar-refractivity contribution is 0.995. The molecule has 0 aliphatic rings. The second-order valence-corrected chi connectivity index (χ2v) is 18.2. The molecule has 15 aromatic rings. The van der Waals surface area contributed by atoms with Crippen LogP contribution in [-0.2, 0) is 0 Å². The van der Waals surface area contributed by atoms with Gasteiger partial charge in [-0.1, -0.05) is 158 Å². The lowest BCUT2D eigenvalue weighted by Crippen LogP contribution is -2.04. The minimum Gasteiger partial charge on any atom is -0.309 e. The maximum Gasteiger partial charge on any atom is 0.235 e. The average Bonchev–Trinajstić information content (AvgIpc) is 4.06. The Balaban J connectivity index is 0.956. The molecule has 0 atom stereocenters. The van der Waals surface area contributed by atoms with Gasteiger partial charge in [0.25, 0.3) is 0 Å². The molecule has 69 heavy (non-hydrogen) atoms. The Hall–Kier alpha value is -9.32. The summed E-state index contributed by atoms with van der Waals surface area (Å²) < 4.78 is 7.14. The predicted molar refractivity (Wildman–Crippen MR) is 288 cm³/mol. The van der Waals surface area contributed by atoms with Crippen molar-refractivity contribution < 1.29 is 0 Å². The van der Waals surface area contributed by atoms with Gasteiger partial charge in [-0.15, -0.1) is 0 Å². The van der Waals surface area contributed by atoms with E-state index in [-0.39, 0.29) is 0 Å². The zero-order valence-electron chi connectivity index (χ0n) is 37.3. The Labute approximate surface area is 396 Å². The first kappa shape index (κ1) is 37.9. The number of fused-ring (bicyclic) bond motifs is 13. The van der Waals surface area contributed by atoms with E-state index in [1.807, 2.05) is 0 Å². The van der Waals surface area contributed by atoms with Crippen molar-refractivity contribution in [1.29, 1.82) is 0 Å². The Morgan fingerprint density at radius 3 is 1.19 bits per heavy atom. The minimum absolute atomic E-state index is 0.629. The van der Waals surface area contributed by atoms with Gasteiger partial charge in [-0.2, -0.15) is 0 Å². The third kappa shape index (κ3) is 5.71. The molecule has 0 N–H and O–H groups in total. The summed E-state index contributed by atoms with van der Waals surface area (Å²) in [6, 6.07) is 85.7. The molecule has 0 saturated carbocycles. The van der Waals surface area contributed by atoms with Crippen LogP contribution in [0.5, 0.6) is 0 Å². The topological polar surface area (TPSA) is 40.6 Å². The van der Waals surface area contributed by atoms with Crippen molar-refractivity contribution in [3.8, 4) is 39.8 Å². The van der Waals surface area contributed by atoms with Crippen LogP contribution in [0.3, 0.4) is 0 Å². The molecule has 320 valence electrons. The molecule has 4 heterocycles. The SMILES string of the molecule is c1ccc2cc(-c3cc(-c4ccc5ccccc5c4)nc(-n4c5ccccc5c5cc(-n6c7ccccc7c7c8c9ccccc9n(-c9ccc%10ccccc%10c9)c8ccc76)ccc54)n3)ccc2c1. The highest BCUT2D eigenvalue weighted by molar-refractivity contribution is 6.29. The predicted octanol–water partition coefficient (Wildman–Crippen LogP) is 16.6. The van der Waals surface area contributed by atoms with Crippen LogP contribution >= 0.6 is 0 Å². The van der Waals surface area contributed by atoms with Gasteiger partial charge >= 0.3 is 0 Å². The van der Waals surface area contributed by atoms with Gasteiger partial charge in [0.05, 0.1) is 44.5 Å². The van der Waals surface area contributed by atoms with E-state index in [1.165, 1.54) is 70.4 Å². The number of para-hydroxylation sites is 3. The Morgan fingerprint density at radius 2 is 0.638 bits per heavy atom. The van der Waals surface area contributed by atoms with E-state index in [1.54, 1.807) is 0 Å². The van der Waals surface area contributed by atoms with Crippen LogP contribution in [0.15, 0.2) is 237 Å². The standard InChI is InChI=1S/C64H39N5/c1-4-16-43-35-46(27-25-40(43)13-1)54-39-55(47-28-26-41-14-2-5-17-44(41)36-47)66-64(65-54)69-56-22-10-7-19-50(56)53-38-49(31-32-59(53)69)68-58-24-12-9-21-52(58)63-61(68)34-33-60-62(63)51-20-8-11-23-57(51)67(60)48-30-29-42-15-3-6-18-45(42)37-48/h1-39H. The molecule has 5 nitrogen and oxygen atoms in total. The summed E-state index contributed by atoms with van der Waals surface area (Å²) in [4.78, 5) is 10.9. The van der Waals surface area contributed by atoms with E-state index in [4.69, 9.17) is 9.97 Å². The highest BCUT2D eigenvalue weighted by Crippen LogP contribution is 2.44. The van der Waals surface area contributed by atoms with Crippen LogP contribution in [0.25, 0.3) is 138 Å². The molecule has 4 aromatic heterocycles. The van der Waals surface area contributed by atoms with Crippen LogP contribution in [0.4, 0.5) is 0 Å².